The minimum absolute atomic E-state index is 0.117. The zero-order valence-corrected chi connectivity index (χ0v) is 15.7. The smallest absolute Gasteiger partial charge is 0.227 e. The van der Waals surface area contributed by atoms with Crippen LogP contribution in [0.1, 0.15) is 30.8 Å². The minimum Gasteiger partial charge on any atom is -0.350 e. The number of halogens is 2. The second kappa shape index (κ2) is 7.99. The van der Waals surface area contributed by atoms with Gasteiger partial charge in [0.25, 0.3) is 0 Å². The first-order valence-corrected chi connectivity index (χ1v) is 9.32. The quantitative estimate of drug-likeness (QED) is 0.643. The first-order valence-electron chi connectivity index (χ1n) is 7.62. The number of thiophene rings is 1. The standard InChI is InChI=1S/C17H15Cl2N3O2S/c1-10(13-3-2-12(18)8-14(13)19)20-15(23)4-5-16-21-17(22-24-16)11-6-7-25-9-11/h2-3,6-10H,4-5H2,1H3,(H,20,23). The highest BCUT2D eigenvalue weighted by Gasteiger charge is 2.15. The molecule has 3 aromatic rings. The van der Waals surface area contributed by atoms with Crippen molar-refractivity contribution in [3.63, 3.8) is 0 Å². The molecule has 0 saturated carbocycles. The van der Waals surface area contributed by atoms with Crippen molar-refractivity contribution in [2.45, 2.75) is 25.8 Å². The van der Waals surface area contributed by atoms with Crippen molar-refractivity contribution in [2.24, 2.45) is 0 Å². The largest absolute Gasteiger partial charge is 0.350 e. The summed E-state index contributed by atoms with van der Waals surface area (Å²) in [6.45, 7) is 1.87. The Kier molecular flexibility index (Phi) is 5.73. The minimum atomic E-state index is -0.221. The Bertz CT molecular complexity index is 865. The highest BCUT2D eigenvalue weighted by molar-refractivity contribution is 7.08. The van der Waals surface area contributed by atoms with Crippen molar-refractivity contribution >= 4 is 40.4 Å². The third kappa shape index (κ3) is 4.60. The van der Waals surface area contributed by atoms with Gasteiger partial charge in [-0.1, -0.05) is 34.4 Å². The van der Waals surface area contributed by atoms with Gasteiger partial charge in [-0.15, -0.1) is 0 Å². The van der Waals surface area contributed by atoms with E-state index in [9.17, 15) is 4.79 Å². The third-order valence-corrected chi connectivity index (χ3v) is 4.87. The molecule has 8 heteroatoms. The van der Waals surface area contributed by atoms with E-state index in [1.54, 1.807) is 29.5 Å². The molecule has 1 atom stereocenters. The first kappa shape index (κ1) is 17.9. The molecule has 0 aliphatic carbocycles. The number of carbonyl (C=O) groups excluding carboxylic acids is 1. The molecule has 0 aliphatic rings. The lowest BCUT2D eigenvalue weighted by molar-refractivity contribution is -0.121. The molecule has 0 fully saturated rings. The Balaban J connectivity index is 1.54. The van der Waals surface area contributed by atoms with Gasteiger partial charge in [0.15, 0.2) is 0 Å². The van der Waals surface area contributed by atoms with Crippen LogP contribution in [0.15, 0.2) is 39.5 Å². The van der Waals surface area contributed by atoms with Gasteiger partial charge < -0.3 is 9.84 Å². The summed E-state index contributed by atoms with van der Waals surface area (Å²) in [4.78, 5) is 16.4. The molecule has 0 aliphatic heterocycles. The number of nitrogens with one attached hydrogen (secondary N) is 1. The van der Waals surface area contributed by atoms with Crippen LogP contribution >= 0.6 is 34.5 Å². The molecule has 1 unspecified atom stereocenters. The van der Waals surface area contributed by atoms with Gasteiger partial charge in [-0.25, -0.2) is 0 Å². The van der Waals surface area contributed by atoms with Crippen molar-refractivity contribution in [3.8, 4) is 11.4 Å². The maximum atomic E-state index is 12.1. The van der Waals surface area contributed by atoms with Gasteiger partial charge in [0.1, 0.15) is 0 Å². The summed E-state index contributed by atoms with van der Waals surface area (Å²) in [6.07, 6.45) is 0.630. The second-order valence-corrected chi connectivity index (χ2v) is 7.10. The van der Waals surface area contributed by atoms with E-state index in [-0.39, 0.29) is 18.4 Å². The lowest BCUT2D eigenvalue weighted by atomic mass is 10.1. The van der Waals surface area contributed by atoms with Crippen molar-refractivity contribution in [2.75, 3.05) is 0 Å². The van der Waals surface area contributed by atoms with Crippen LogP contribution in [0.2, 0.25) is 10.0 Å². The van der Waals surface area contributed by atoms with Crippen LogP contribution in [0, 0.1) is 0 Å². The van der Waals surface area contributed by atoms with Gasteiger partial charge in [-0.05, 0) is 36.1 Å². The molecular weight excluding hydrogens is 381 g/mol. The van der Waals surface area contributed by atoms with E-state index >= 15 is 0 Å². The average molecular weight is 396 g/mol. The van der Waals surface area contributed by atoms with Crippen molar-refractivity contribution < 1.29 is 9.32 Å². The van der Waals surface area contributed by atoms with E-state index < -0.39 is 0 Å². The lowest BCUT2D eigenvalue weighted by Crippen LogP contribution is -2.27. The Hall–Kier alpha value is -1.89. The number of aromatic nitrogens is 2. The molecule has 2 heterocycles. The molecule has 3 rings (SSSR count). The first-order chi connectivity index (χ1) is 12.0. The SMILES string of the molecule is CC(NC(=O)CCc1nc(-c2ccsc2)no1)c1ccc(Cl)cc1Cl. The van der Waals surface area contributed by atoms with Gasteiger partial charge in [0.05, 0.1) is 6.04 Å². The maximum Gasteiger partial charge on any atom is 0.227 e. The topological polar surface area (TPSA) is 68.0 Å². The number of carbonyl (C=O) groups is 1. The molecular formula is C17H15Cl2N3O2S. The average Bonchev–Trinajstić information content (AvgIpc) is 3.24. The summed E-state index contributed by atoms with van der Waals surface area (Å²) < 4.78 is 5.19. The van der Waals surface area contributed by atoms with Crippen molar-refractivity contribution in [1.82, 2.24) is 15.5 Å². The Morgan fingerprint density at radius 2 is 2.20 bits per heavy atom. The number of amides is 1. The highest BCUT2D eigenvalue weighted by atomic mass is 35.5. The second-order valence-electron chi connectivity index (χ2n) is 5.48. The molecule has 25 heavy (non-hydrogen) atoms. The van der Waals surface area contributed by atoms with Crippen molar-refractivity contribution in [3.05, 3.63) is 56.5 Å². The zero-order chi connectivity index (χ0) is 17.8. The monoisotopic (exact) mass is 395 g/mol. The molecule has 1 amide bonds. The number of nitrogens with zero attached hydrogens (tertiary/aromatic N) is 2. The summed E-state index contributed by atoms with van der Waals surface area (Å²) in [6, 6.07) is 6.91. The predicted octanol–water partition coefficient (Wildman–Crippen LogP) is 4.91. The molecule has 1 N–H and O–H groups in total. The molecule has 0 radical (unpaired) electrons. The van der Waals surface area contributed by atoms with Crippen LogP contribution in [-0.4, -0.2) is 16.0 Å². The summed E-state index contributed by atoms with van der Waals surface area (Å²) in [5, 5.41) is 11.8. The predicted molar refractivity (Wildman–Crippen MR) is 99.0 cm³/mol. The molecule has 0 saturated heterocycles. The summed E-state index contributed by atoms with van der Waals surface area (Å²) in [7, 11) is 0. The number of benzene rings is 1. The van der Waals surface area contributed by atoms with Crippen molar-refractivity contribution in [1.29, 1.82) is 0 Å². The van der Waals surface area contributed by atoms with E-state index in [2.05, 4.69) is 15.5 Å². The Morgan fingerprint density at radius 3 is 2.92 bits per heavy atom. The number of aryl methyl sites for hydroxylation is 1. The highest BCUT2D eigenvalue weighted by Crippen LogP contribution is 2.26. The Morgan fingerprint density at radius 1 is 1.36 bits per heavy atom. The van der Waals surface area contributed by atoms with E-state index in [4.69, 9.17) is 27.7 Å². The van der Waals surface area contributed by atoms with Crippen LogP contribution in [0.3, 0.4) is 0 Å². The molecule has 1 aromatic carbocycles. The van der Waals surface area contributed by atoms with Gasteiger partial charge in [0, 0.05) is 33.8 Å². The van der Waals surface area contributed by atoms with Gasteiger partial charge in [0.2, 0.25) is 17.6 Å². The third-order valence-electron chi connectivity index (χ3n) is 3.62. The van der Waals surface area contributed by atoms with E-state index in [0.717, 1.165) is 11.1 Å². The molecule has 2 aromatic heterocycles. The summed E-state index contributed by atoms with van der Waals surface area (Å²) >= 11 is 13.6. The van der Waals surface area contributed by atoms with Gasteiger partial charge in [-0.2, -0.15) is 16.3 Å². The molecule has 0 bridgehead atoms. The van der Waals surface area contributed by atoms with Crippen LogP contribution < -0.4 is 5.32 Å². The van der Waals surface area contributed by atoms with E-state index in [1.807, 2.05) is 23.8 Å². The fraction of sp³-hybridized carbons (Fsp3) is 0.235. The van der Waals surface area contributed by atoms with E-state index in [0.29, 0.717) is 28.2 Å². The summed E-state index contributed by atoms with van der Waals surface area (Å²) in [5.74, 6) is 0.861. The van der Waals surface area contributed by atoms with Crippen LogP contribution in [0.25, 0.3) is 11.4 Å². The maximum absolute atomic E-state index is 12.1. The Labute approximate surface area is 159 Å². The number of hydrogen-bond donors (Lipinski definition) is 1. The van der Waals surface area contributed by atoms with Crippen LogP contribution in [-0.2, 0) is 11.2 Å². The normalized spacial score (nSPS) is 12.1. The summed E-state index contributed by atoms with van der Waals surface area (Å²) in [5.41, 5.74) is 1.73. The lowest BCUT2D eigenvalue weighted by Gasteiger charge is -2.15. The molecule has 0 spiro atoms. The van der Waals surface area contributed by atoms with Gasteiger partial charge in [-0.3, -0.25) is 4.79 Å². The van der Waals surface area contributed by atoms with E-state index in [1.165, 1.54) is 0 Å². The van der Waals surface area contributed by atoms with Crippen LogP contribution in [0.4, 0.5) is 0 Å². The molecule has 130 valence electrons. The fourth-order valence-corrected chi connectivity index (χ4v) is 3.54. The number of hydrogen-bond acceptors (Lipinski definition) is 5. The van der Waals surface area contributed by atoms with Gasteiger partial charge >= 0.3 is 0 Å². The number of rotatable bonds is 6. The van der Waals surface area contributed by atoms with Crippen LogP contribution in [0.5, 0.6) is 0 Å². The fourth-order valence-electron chi connectivity index (χ4n) is 2.33. The molecule has 5 nitrogen and oxygen atoms in total. The zero-order valence-electron chi connectivity index (χ0n) is 13.3.